The summed E-state index contributed by atoms with van der Waals surface area (Å²) in [5, 5.41) is 4.69. The van der Waals surface area contributed by atoms with Gasteiger partial charge in [0.25, 0.3) is 0 Å². The van der Waals surface area contributed by atoms with Crippen LogP contribution >= 0.6 is 0 Å². The smallest absolute Gasteiger partial charge is 0.162 e. The zero-order valence-corrected chi connectivity index (χ0v) is 27.0. The van der Waals surface area contributed by atoms with E-state index in [1.807, 2.05) is 18.2 Å². The van der Waals surface area contributed by atoms with E-state index in [1.165, 1.54) is 10.8 Å². The van der Waals surface area contributed by atoms with Gasteiger partial charge >= 0.3 is 0 Å². The predicted molar refractivity (Wildman–Crippen MR) is 205 cm³/mol. The topological polar surface area (TPSA) is 43.9 Å². The van der Waals surface area contributed by atoms with Gasteiger partial charge in [-0.15, -0.1) is 0 Å². The van der Waals surface area contributed by atoms with Crippen LogP contribution < -0.4 is 0 Å². The highest BCUT2D eigenvalue weighted by Gasteiger charge is 2.18. The Balaban J connectivity index is 1.12. The Kier molecular flexibility index (Phi) is 6.46. The molecule has 0 saturated heterocycles. The SMILES string of the molecule is c1ccc(-c2cc(-c3ccc(-c4ccc5oc6ccccc6c5c4)cc3)nc(-c3ccccc3-n3c4ccccc4c4ccccc43)n2)cc1. The molecule has 50 heavy (non-hydrogen) atoms. The molecule has 3 aromatic heterocycles. The van der Waals surface area contributed by atoms with E-state index in [0.29, 0.717) is 5.82 Å². The van der Waals surface area contributed by atoms with Crippen LogP contribution in [0.3, 0.4) is 0 Å². The maximum atomic E-state index is 6.07. The van der Waals surface area contributed by atoms with Crippen molar-refractivity contribution in [3.05, 3.63) is 176 Å². The largest absolute Gasteiger partial charge is 0.456 e. The third kappa shape index (κ3) is 4.61. The summed E-state index contributed by atoms with van der Waals surface area (Å²) in [5.41, 5.74) is 12.2. The molecule has 0 spiro atoms. The molecule has 0 fully saturated rings. The van der Waals surface area contributed by atoms with Gasteiger partial charge in [-0.3, -0.25) is 0 Å². The zero-order valence-electron chi connectivity index (χ0n) is 27.0. The zero-order chi connectivity index (χ0) is 33.0. The van der Waals surface area contributed by atoms with Crippen LogP contribution in [0, 0.1) is 0 Å². The van der Waals surface area contributed by atoms with Gasteiger partial charge in [0, 0.05) is 38.2 Å². The molecule has 0 atom stereocenters. The van der Waals surface area contributed by atoms with Crippen molar-refractivity contribution < 1.29 is 4.42 Å². The molecular formula is C46H29N3O. The standard InChI is InChI=1S/C46H29N3O/c1-2-12-31(13-3-1)39-29-40(32-24-22-30(23-25-32)33-26-27-45-38(28-33)36-16-7-11-21-44(36)50-45)48-46(47-39)37-17-6-10-20-43(37)49-41-18-8-4-14-34(41)35-15-5-9-19-42(35)49/h1-29H. The van der Waals surface area contributed by atoms with E-state index in [9.17, 15) is 0 Å². The van der Waals surface area contributed by atoms with E-state index < -0.39 is 0 Å². The normalized spacial score (nSPS) is 11.6. The second-order valence-electron chi connectivity index (χ2n) is 12.6. The number of rotatable bonds is 5. The first-order valence-corrected chi connectivity index (χ1v) is 16.8. The molecule has 234 valence electrons. The Hall–Kier alpha value is -6.78. The van der Waals surface area contributed by atoms with Crippen LogP contribution in [0.25, 0.3) is 94.5 Å². The molecule has 7 aromatic carbocycles. The molecule has 0 aliphatic heterocycles. The van der Waals surface area contributed by atoms with E-state index in [2.05, 4.69) is 162 Å². The van der Waals surface area contributed by atoms with Crippen molar-refractivity contribution in [2.45, 2.75) is 0 Å². The van der Waals surface area contributed by atoms with Crippen molar-refractivity contribution in [3.8, 4) is 50.7 Å². The molecular weight excluding hydrogens is 611 g/mol. The highest BCUT2D eigenvalue weighted by atomic mass is 16.3. The summed E-state index contributed by atoms with van der Waals surface area (Å²) < 4.78 is 8.41. The monoisotopic (exact) mass is 639 g/mol. The van der Waals surface area contributed by atoms with Crippen LogP contribution in [0.15, 0.2) is 180 Å². The molecule has 0 aliphatic carbocycles. The van der Waals surface area contributed by atoms with Crippen LogP contribution in [-0.2, 0) is 0 Å². The molecule has 0 unspecified atom stereocenters. The second-order valence-corrected chi connectivity index (χ2v) is 12.6. The molecule has 0 N–H and O–H groups in total. The van der Waals surface area contributed by atoms with Gasteiger partial charge in [-0.2, -0.15) is 0 Å². The Morgan fingerprint density at radius 2 is 0.920 bits per heavy atom. The number of aromatic nitrogens is 3. The van der Waals surface area contributed by atoms with Crippen molar-refractivity contribution >= 4 is 43.7 Å². The van der Waals surface area contributed by atoms with E-state index in [-0.39, 0.29) is 0 Å². The van der Waals surface area contributed by atoms with E-state index in [4.69, 9.17) is 14.4 Å². The Labute approximate surface area is 288 Å². The Bertz CT molecular complexity index is 2810. The van der Waals surface area contributed by atoms with Crippen molar-refractivity contribution in [1.82, 2.24) is 14.5 Å². The number of nitrogens with zero attached hydrogens (tertiary/aromatic N) is 3. The minimum atomic E-state index is 0.681. The van der Waals surface area contributed by atoms with Crippen LogP contribution in [0.2, 0.25) is 0 Å². The number of hydrogen-bond donors (Lipinski definition) is 0. The molecule has 0 radical (unpaired) electrons. The summed E-state index contributed by atoms with van der Waals surface area (Å²) in [6.45, 7) is 0. The van der Waals surface area contributed by atoms with Crippen molar-refractivity contribution in [3.63, 3.8) is 0 Å². The van der Waals surface area contributed by atoms with Gasteiger partial charge in [-0.05, 0) is 59.7 Å². The van der Waals surface area contributed by atoms with Crippen molar-refractivity contribution in [2.75, 3.05) is 0 Å². The molecule has 0 saturated carbocycles. The summed E-state index contributed by atoms with van der Waals surface area (Å²) in [4.78, 5) is 10.5. The van der Waals surface area contributed by atoms with Gasteiger partial charge in [-0.25, -0.2) is 9.97 Å². The lowest BCUT2D eigenvalue weighted by molar-refractivity contribution is 0.669. The maximum absolute atomic E-state index is 6.07. The molecule has 0 amide bonds. The summed E-state index contributed by atoms with van der Waals surface area (Å²) in [5.74, 6) is 0.681. The third-order valence-corrected chi connectivity index (χ3v) is 9.65. The first kappa shape index (κ1) is 28.3. The lowest BCUT2D eigenvalue weighted by Crippen LogP contribution is -2.01. The van der Waals surface area contributed by atoms with E-state index in [0.717, 1.165) is 77.9 Å². The average molecular weight is 640 g/mol. The highest BCUT2D eigenvalue weighted by Crippen LogP contribution is 2.37. The van der Waals surface area contributed by atoms with Gasteiger partial charge in [0.15, 0.2) is 5.82 Å². The van der Waals surface area contributed by atoms with Crippen LogP contribution in [-0.4, -0.2) is 14.5 Å². The van der Waals surface area contributed by atoms with Gasteiger partial charge in [0.2, 0.25) is 0 Å². The van der Waals surface area contributed by atoms with E-state index in [1.54, 1.807) is 0 Å². The third-order valence-electron chi connectivity index (χ3n) is 9.65. The molecule has 0 bridgehead atoms. The molecule has 4 nitrogen and oxygen atoms in total. The number of benzene rings is 7. The fraction of sp³-hybridized carbons (Fsp3) is 0. The Morgan fingerprint density at radius 1 is 0.380 bits per heavy atom. The van der Waals surface area contributed by atoms with Gasteiger partial charge in [0.1, 0.15) is 11.2 Å². The molecule has 0 aliphatic rings. The maximum Gasteiger partial charge on any atom is 0.162 e. The number of hydrogen-bond acceptors (Lipinski definition) is 3. The molecule has 10 aromatic rings. The fourth-order valence-electron chi connectivity index (χ4n) is 7.25. The predicted octanol–water partition coefficient (Wildman–Crippen LogP) is 12.1. The summed E-state index contributed by atoms with van der Waals surface area (Å²) in [6.07, 6.45) is 0. The van der Waals surface area contributed by atoms with Gasteiger partial charge < -0.3 is 8.98 Å². The Morgan fingerprint density at radius 3 is 1.66 bits per heavy atom. The highest BCUT2D eigenvalue weighted by molar-refractivity contribution is 6.10. The van der Waals surface area contributed by atoms with Crippen molar-refractivity contribution in [1.29, 1.82) is 0 Å². The summed E-state index contributed by atoms with van der Waals surface area (Å²) >= 11 is 0. The minimum Gasteiger partial charge on any atom is -0.456 e. The van der Waals surface area contributed by atoms with Crippen LogP contribution in [0.5, 0.6) is 0 Å². The quantitative estimate of drug-likeness (QED) is 0.188. The van der Waals surface area contributed by atoms with Crippen LogP contribution in [0.4, 0.5) is 0 Å². The second kappa shape index (κ2) is 11.4. The molecule has 4 heteroatoms. The minimum absolute atomic E-state index is 0.681. The van der Waals surface area contributed by atoms with Gasteiger partial charge in [0.05, 0.1) is 28.1 Å². The lowest BCUT2D eigenvalue weighted by atomic mass is 10.00. The first-order chi connectivity index (χ1) is 24.8. The van der Waals surface area contributed by atoms with Crippen molar-refractivity contribution in [2.24, 2.45) is 0 Å². The van der Waals surface area contributed by atoms with Gasteiger partial charge in [-0.1, -0.05) is 127 Å². The van der Waals surface area contributed by atoms with E-state index >= 15 is 0 Å². The lowest BCUT2D eigenvalue weighted by Gasteiger charge is -2.15. The molecule has 3 heterocycles. The number of para-hydroxylation sites is 4. The summed E-state index contributed by atoms with van der Waals surface area (Å²) in [7, 11) is 0. The number of fused-ring (bicyclic) bond motifs is 6. The van der Waals surface area contributed by atoms with Crippen LogP contribution in [0.1, 0.15) is 0 Å². The first-order valence-electron chi connectivity index (χ1n) is 16.8. The molecule has 10 rings (SSSR count). The summed E-state index contributed by atoms with van der Waals surface area (Å²) in [6, 6.07) is 61.4. The fourth-order valence-corrected chi connectivity index (χ4v) is 7.25. The number of furan rings is 1. The average Bonchev–Trinajstić information content (AvgIpc) is 3.73.